The Bertz CT molecular complexity index is 980. The van der Waals surface area contributed by atoms with E-state index in [1.807, 2.05) is 17.9 Å². The summed E-state index contributed by atoms with van der Waals surface area (Å²) in [6, 6.07) is 8.97. The zero-order valence-electron chi connectivity index (χ0n) is 15.5. The molecule has 1 atom stereocenters. The normalized spacial score (nSPS) is 17.4. The van der Waals surface area contributed by atoms with Gasteiger partial charge in [0.1, 0.15) is 5.75 Å². The van der Waals surface area contributed by atoms with Crippen molar-refractivity contribution in [3.05, 3.63) is 41.6 Å². The largest absolute Gasteiger partial charge is 0.508 e. The van der Waals surface area contributed by atoms with Crippen LogP contribution >= 0.6 is 0 Å². The van der Waals surface area contributed by atoms with Gasteiger partial charge in [-0.25, -0.2) is 4.98 Å². The maximum Gasteiger partial charge on any atom is 0.254 e. The van der Waals surface area contributed by atoms with Crippen molar-refractivity contribution in [1.82, 2.24) is 25.4 Å². The van der Waals surface area contributed by atoms with Crippen molar-refractivity contribution in [2.24, 2.45) is 0 Å². The Hall–Kier alpha value is -2.93. The number of nitrogens with zero attached hydrogens (tertiary/aromatic N) is 3. The van der Waals surface area contributed by atoms with Crippen LogP contribution in [0.2, 0.25) is 0 Å². The fraction of sp³-hybridized carbons (Fsp3) is 0.350. The lowest BCUT2D eigenvalue weighted by atomic mass is 10.0. The minimum absolute atomic E-state index is 0.00637. The fourth-order valence-corrected chi connectivity index (χ4v) is 3.59. The number of aromatic amines is 1. The van der Waals surface area contributed by atoms with Gasteiger partial charge in [-0.2, -0.15) is 5.10 Å². The summed E-state index contributed by atoms with van der Waals surface area (Å²) in [5, 5.41) is 20.9. The maximum atomic E-state index is 13.4. The van der Waals surface area contributed by atoms with Gasteiger partial charge in [-0.05, 0) is 43.7 Å². The highest BCUT2D eigenvalue weighted by atomic mass is 16.3. The van der Waals surface area contributed by atoms with Gasteiger partial charge in [-0.15, -0.1) is 0 Å². The Morgan fingerprint density at radius 2 is 2.11 bits per heavy atom. The summed E-state index contributed by atoms with van der Waals surface area (Å²) in [6.45, 7) is 6.19. The molecule has 0 spiro atoms. The molecule has 0 bridgehead atoms. The Balaban J connectivity index is 1.79. The molecular weight excluding hydrogens is 342 g/mol. The number of pyridine rings is 1. The third-order valence-electron chi connectivity index (χ3n) is 5.14. The number of hydrogen-bond donors (Lipinski definition) is 3. The highest BCUT2D eigenvalue weighted by Gasteiger charge is 2.26. The Morgan fingerprint density at radius 3 is 2.85 bits per heavy atom. The number of aryl methyl sites for hydroxylation is 1. The molecule has 3 heterocycles. The molecule has 3 N–H and O–H groups in total. The lowest BCUT2D eigenvalue weighted by molar-refractivity contribution is 0.0703. The summed E-state index contributed by atoms with van der Waals surface area (Å²) in [5.41, 5.74) is 3.49. The molecule has 140 valence electrons. The third-order valence-corrected chi connectivity index (χ3v) is 5.14. The van der Waals surface area contributed by atoms with Crippen LogP contribution < -0.4 is 5.32 Å². The van der Waals surface area contributed by atoms with Crippen LogP contribution in [0.25, 0.3) is 22.3 Å². The molecule has 7 nitrogen and oxygen atoms in total. The fourth-order valence-electron chi connectivity index (χ4n) is 3.59. The van der Waals surface area contributed by atoms with Gasteiger partial charge in [0, 0.05) is 31.2 Å². The Kier molecular flexibility index (Phi) is 4.53. The van der Waals surface area contributed by atoms with Crippen molar-refractivity contribution >= 4 is 16.9 Å². The Labute approximate surface area is 157 Å². The van der Waals surface area contributed by atoms with Crippen LogP contribution in [-0.2, 0) is 0 Å². The van der Waals surface area contributed by atoms with E-state index >= 15 is 0 Å². The van der Waals surface area contributed by atoms with E-state index in [1.54, 1.807) is 24.3 Å². The van der Waals surface area contributed by atoms with Gasteiger partial charge in [0.2, 0.25) is 0 Å². The van der Waals surface area contributed by atoms with Crippen LogP contribution in [0.4, 0.5) is 0 Å². The number of aromatic hydroxyl groups is 1. The van der Waals surface area contributed by atoms with Gasteiger partial charge in [0.25, 0.3) is 5.91 Å². The molecule has 4 rings (SSSR count). The standard InChI is InChI=1S/C20H23N5O2/c1-3-14-11-25(9-8-21-14)20(27)16-10-17(13-4-6-15(26)7-5-13)22-19-18(16)12(2)23-24-19/h4-7,10,14,21,26H,3,8-9,11H2,1-2H3,(H,22,23,24)/t14-/m0/s1. The molecule has 1 aliphatic heterocycles. The second-order valence-electron chi connectivity index (χ2n) is 6.95. The number of phenolic OH excluding ortho intramolecular Hbond substituents is 1. The van der Waals surface area contributed by atoms with Crippen molar-refractivity contribution in [3.63, 3.8) is 0 Å². The van der Waals surface area contributed by atoms with Gasteiger partial charge >= 0.3 is 0 Å². The smallest absolute Gasteiger partial charge is 0.254 e. The number of benzene rings is 1. The lowest BCUT2D eigenvalue weighted by Crippen LogP contribution is -2.52. The number of carbonyl (C=O) groups excluding carboxylic acids is 1. The molecule has 7 heteroatoms. The second kappa shape index (κ2) is 7.00. The van der Waals surface area contributed by atoms with Crippen LogP contribution in [0.15, 0.2) is 30.3 Å². The molecule has 0 radical (unpaired) electrons. The van der Waals surface area contributed by atoms with E-state index in [0.29, 0.717) is 36.0 Å². The first-order valence-corrected chi connectivity index (χ1v) is 9.24. The monoisotopic (exact) mass is 365 g/mol. The number of aromatic nitrogens is 3. The molecule has 1 saturated heterocycles. The number of carbonyl (C=O) groups is 1. The highest BCUT2D eigenvalue weighted by molar-refractivity contribution is 6.07. The average Bonchev–Trinajstić information content (AvgIpc) is 3.08. The van der Waals surface area contributed by atoms with Crippen LogP contribution in [-0.4, -0.2) is 56.8 Å². The zero-order chi connectivity index (χ0) is 19.0. The van der Waals surface area contributed by atoms with Gasteiger partial charge in [-0.1, -0.05) is 6.92 Å². The molecule has 1 aliphatic rings. The summed E-state index contributed by atoms with van der Waals surface area (Å²) < 4.78 is 0. The number of fused-ring (bicyclic) bond motifs is 1. The topological polar surface area (TPSA) is 94.1 Å². The van der Waals surface area contributed by atoms with Gasteiger partial charge < -0.3 is 15.3 Å². The molecule has 2 aromatic heterocycles. The number of nitrogens with one attached hydrogen (secondary N) is 2. The molecule has 1 amide bonds. The van der Waals surface area contributed by atoms with Crippen LogP contribution in [0.5, 0.6) is 5.75 Å². The summed E-state index contributed by atoms with van der Waals surface area (Å²) in [4.78, 5) is 19.9. The first-order chi connectivity index (χ1) is 13.1. The lowest BCUT2D eigenvalue weighted by Gasteiger charge is -2.33. The molecule has 1 fully saturated rings. The van der Waals surface area contributed by atoms with E-state index in [1.165, 1.54) is 0 Å². The van der Waals surface area contributed by atoms with Gasteiger partial charge in [0.15, 0.2) is 5.65 Å². The Morgan fingerprint density at radius 1 is 1.33 bits per heavy atom. The van der Waals surface area contributed by atoms with Crippen molar-refractivity contribution in [2.75, 3.05) is 19.6 Å². The van der Waals surface area contributed by atoms with Crippen molar-refractivity contribution in [3.8, 4) is 17.0 Å². The van der Waals surface area contributed by atoms with Crippen molar-refractivity contribution in [1.29, 1.82) is 0 Å². The van der Waals surface area contributed by atoms with E-state index < -0.39 is 0 Å². The average molecular weight is 365 g/mol. The number of rotatable bonds is 3. The van der Waals surface area contributed by atoms with Crippen molar-refractivity contribution in [2.45, 2.75) is 26.3 Å². The SMILES string of the molecule is CC[C@H]1CN(C(=O)c2cc(-c3ccc(O)cc3)nc3[nH]nc(C)c23)CCN1. The number of piperazine rings is 1. The summed E-state index contributed by atoms with van der Waals surface area (Å²) >= 11 is 0. The van der Waals surface area contributed by atoms with E-state index in [4.69, 9.17) is 0 Å². The second-order valence-corrected chi connectivity index (χ2v) is 6.95. The van der Waals surface area contributed by atoms with Gasteiger partial charge in [0.05, 0.1) is 22.3 Å². The number of hydrogen-bond acceptors (Lipinski definition) is 5. The minimum atomic E-state index is 0.00637. The predicted octanol–water partition coefficient (Wildman–Crippen LogP) is 2.46. The molecule has 0 unspecified atom stereocenters. The molecule has 27 heavy (non-hydrogen) atoms. The summed E-state index contributed by atoms with van der Waals surface area (Å²) in [7, 11) is 0. The first kappa shape index (κ1) is 17.5. The van der Waals surface area contributed by atoms with E-state index in [2.05, 4.69) is 27.4 Å². The zero-order valence-corrected chi connectivity index (χ0v) is 15.5. The quantitative estimate of drug-likeness (QED) is 0.663. The molecule has 0 aliphatic carbocycles. The van der Waals surface area contributed by atoms with E-state index in [0.717, 1.165) is 29.6 Å². The number of amides is 1. The van der Waals surface area contributed by atoms with E-state index in [9.17, 15) is 9.90 Å². The first-order valence-electron chi connectivity index (χ1n) is 9.24. The van der Waals surface area contributed by atoms with Crippen LogP contribution in [0, 0.1) is 6.92 Å². The van der Waals surface area contributed by atoms with Crippen LogP contribution in [0.1, 0.15) is 29.4 Å². The number of phenols is 1. The maximum absolute atomic E-state index is 13.4. The molecular formula is C20H23N5O2. The highest BCUT2D eigenvalue weighted by Crippen LogP contribution is 2.28. The predicted molar refractivity (Wildman–Crippen MR) is 104 cm³/mol. The molecule has 1 aromatic carbocycles. The third kappa shape index (κ3) is 3.26. The summed E-state index contributed by atoms with van der Waals surface area (Å²) in [5.74, 6) is 0.201. The minimum Gasteiger partial charge on any atom is -0.508 e. The number of H-pyrrole nitrogens is 1. The summed E-state index contributed by atoms with van der Waals surface area (Å²) in [6.07, 6.45) is 0.985. The molecule has 0 saturated carbocycles. The van der Waals surface area contributed by atoms with Gasteiger partial charge in [-0.3, -0.25) is 9.89 Å². The van der Waals surface area contributed by atoms with E-state index in [-0.39, 0.29) is 11.7 Å². The molecule has 3 aromatic rings. The van der Waals surface area contributed by atoms with Crippen LogP contribution in [0.3, 0.4) is 0 Å². The van der Waals surface area contributed by atoms with Crippen molar-refractivity contribution < 1.29 is 9.90 Å².